The maximum atomic E-state index is 12.4. The first-order chi connectivity index (χ1) is 14.8. The van der Waals surface area contributed by atoms with E-state index in [9.17, 15) is 19.7 Å². The summed E-state index contributed by atoms with van der Waals surface area (Å²) >= 11 is 1.40. The molecule has 0 saturated carbocycles. The summed E-state index contributed by atoms with van der Waals surface area (Å²) in [5.41, 5.74) is 2.49. The third-order valence-corrected chi connectivity index (χ3v) is 5.54. The summed E-state index contributed by atoms with van der Waals surface area (Å²) in [6, 6.07) is 20.2. The first kappa shape index (κ1) is 22.0. The number of hydrogen-bond acceptors (Lipinski definition) is 5. The fourth-order valence-corrected chi connectivity index (χ4v) is 3.59. The minimum Gasteiger partial charge on any atom is -0.325 e. The predicted octanol–water partition coefficient (Wildman–Crippen LogP) is 5.27. The molecule has 2 amide bonds. The Balaban J connectivity index is 1.57. The van der Waals surface area contributed by atoms with E-state index >= 15 is 0 Å². The Kier molecular flexibility index (Phi) is 7.04. The molecule has 2 N–H and O–H groups in total. The highest BCUT2D eigenvalue weighted by molar-refractivity contribution is 8.00. The second-order valence-electron chi connectivity index (χ2n) is 6.90. The van der Waals surface area contributed by atoms with E-state index in [1.165, 1.54) is 36.0 Å². The van der Waals surface area contributed by atoms with Gasteiger partial charge in [0, 0.05) is 34.0 Å². The van der Waals surface area contributed by atoms with Gasteiger partial charge in [-0.1, -0.05) is 23.8 Å². The fraction of sp³-hybridized carbons (Fsp3) is 0.130. The SMILES string of the molecule is Cc1ccc(NC(=O)C(C)Sc2ccc(NC(=O)c3cccc([N+](=O)[O-])c3)cc2)cc1. The smallest absolute Gasteiger partial charge is 0.270 e. The number of non-ortho nitro benzene ring substituents is 1. The maximum absolute atomic E-state index is 12.4. The zero-order valence-electron chi connectivity index (χ0n) is 17.0. The third kappa shape index (κ3) is 6.16. The number of hydrogen-bond donors (Lipinski definition) is 2. The molecule has 0 aliphatic carbocycles. The highest BCUT2D eigenvalue weighted by Gasteiger charge is 2.15. The molecule has 8 heteroatoms. The average molecular weight is 436 g/mol. The maximum Gasteiger partial charge on any atom is 0.270 e. The van der Waals surface area contributed by atoms with Gasteiger partial charge in [-0.05, 0) is 56.3 Å². The topological polar surface area (TPSA) is 101 Å². The minimum absolute atomic E-state index is 0.100. The molecule has 0 radical (unpaired) electrons. The zero-order valence-corrected chi connectivity index (χ0v) is 17.8. The number of nitrogens with one attached hydrogen (secondary N) is 2. The summed E-state index contributed by atoms with van der Waals surface area (Å²) in [6.07, 6.45) is 0. The van der Waals surface area contributed by atoms with Crippen LogP contribution in [0.25, 0.3) is 0 Å². The monoisotopic (exact) mass is 435 g/mol. The van der Waals surface area contributed by atoms with Crippen molar-refractivity contribution in [2.75, 3.05) is 10.6 Å². The lowest BCUT2D eigenvalue weighted by Crippen LogP contribution is -2.22. The van der Waals surface area contributed by atoms with Crippen molar-refractivity contribution in [1.29, 1.82) is 0 Å². The molecule has 7 nitrogen and oxygen atoms in total. The highest BCUT2D eigenvalue weighted by atomic mass is 32.2. The van der Waals surface area contributed by atoms with Crippen LogP contribution < -0.4 is 10.6 Å². The van der Waals surface area contributed by atoms with E-state index in [0.29, 0.717) is 5.69 Å². The van der Waals surface area contributed by atoms with E-state index in [2.05, 4.69) is 10.6 Å². The van der Waals surface area contributed by atoms with Crippen LogP contribution >= 0.6 is 11.8 Å². The van der Waals surface area contributed by atoms with E-state index in [-0.39, 0.29) is 22.4 Å². The molecular formula is C23H21N3O4S. The van der Waals surface area contributed by atoms with Gasteiger partial charge in [0.05, 0.1) is 10.2 Å². The van der Waals surface area contributed by atoms with Gasteiger partial charge in [0.15, 0.2) is 0 Å². The fourth-order valence-electron chi connectivity index (χ4n) is 2.72. The summed E-state index contributed by atoms with van der Waals surface area (Å²) in [6.45, 7) is 3.81. The summed E-state index contributed by atoms with van der Waals surface area (Å²) in [7, 11) is 0. The average Bonchev–Trinajstić information content (AvgIpc) is 2.76. The Bertz CT molecular complexity index is 1100. The quantitative estimate of drug-likeness (QED) is 0.299. The second-order valence-corrected chi connectivity index (χ2v) is 8.32. The minimum atomic E-state index is -0.543. The Morgan fingerprint density at radius 2 is 1.55 bits per heavy atom. The van der Waals surface area contributed by atoms with Crippen LogP contribution in [0.3, 0.4) is 0 Å². The van der Waals surface area contributed by atoms with Crippen LogP contribution in [0.4, 0.5) is 17.1 Å². The Hall–Kier alpha value is -3.65. The van der Waals surface area contributed by atoms with Gasteiger partial charge in [0.25, 0.3) is 11.6 Å². The van der Waals surface area contributed by atoms with Crippen molar-refractivity contribution in [2.24, 2.45) is 0 Å². The molecule has 3 aromatic rings. The normalized spacial score (nSPS) is 11.4. The molecule has 1 atom stereocenters. The van der Waals surface area contributed by atoms with Gasteiger partial charge < -0.3 is 10.6 Å². The summed E-state index contributed by atoms with van der Waals surface area (Å²) in [5.74, 6) is -0.535. The largest absolute Gasteiger partial charge is 0.325 e. The number of aryl methyl sites for hydroxylation is 1. The standard InChI is InChI=1S/C23H21N3O4S/c1-15-6-8-18(9-7-15)24-22(27)16(2)31-21-12-10-19(11-13-21)25-23(28)17-4-3-5-20(14-17)26(29)30/h3-14,16H,1-2H3,(H,24,27)(H,25,28). The molecule has 0 aliphatic heterocycles. The van der Waals surface area contributed by atoms with Crippen molar-refractivity contribution in [1.82, 2.24) is 0 Å². The van der Waals surface area contributed by atoms with E-state index < -0.39 is 10.8 Å². The number of nitrogens with zero attached hydrogens (tertiary/aromatic N) is 1. The van der Waals surface area contributed by atoms with Gasteiger partial charge in [0.2, 0.25) is 5.91 Å². The summed E-state index contributed by atoms with van der Waals surface area (Å²) in [5, 5.41) is 16.2. The first-order valence-electron chi connectivity index (χ1n) is 9.52. The molecular weight excluding hydrogens is 414 g/mol. The van der Waals surface area contributed by atoms with Gasteiger partial charge >= 0.3 is 0 Å². The van der Waals surface area contributed by atoms with Crippen LogP contribution in [0, 0.1) is 17.0 Å². The van der Waals surface area contributed by atoms with Crippen LogP contribution in [-0.2, 0) is 4.79 Å². The predicted molar refractivity (Wildman–Crippen MR) is 123 cm³/mol. The van der Waals surface area contributed by atoms with Gasteiger partial charge in [-0.25, -0.2) is 0 Å². The lowest BCUT2D eigenvalue weighted by atomic mass is 10.2. The van der Waals surface area contributed by atoms with E-state index in [4.69, 9.17) is 0 Å². The van der Waals surface area contributed by atoms with Crippen LogP contribution in [-0.4, -0.2) is 22.0 Å². The van der Waals surface area contributed by atoms with Gasteiger partial charge in [-0.15, -0.1) is 11.8 Å². The summed E-state index contributed by atoms with van der Waals surface area (Å²) in [4.78, 5) is 36.0. The second kappa shape index (κ2) is 9.90. The molecule has 1 unspecified atom stereocenters. The molecule has 3 aromatic carbocycles. The number of nitro groups is 1. The third-order valence-electron chi connectivity index (χ3n) is 4.43. The Morgan fingerprint density at radius 3 is 2.19 bits per heavy atom. The number of carbonyl (C=O) groups is 2. The van der Waals surface area contributed by atoms with Crippen molar-refractivity contribution in [3.05, 3.63) is 94.0 Å². The number of carbonyl (C=O) groups excluding carboxylic acids is 2. The molecule has 0 heterocycles. The number of amides is 2. The first-order valence-corrected chi connectivity index (χ1v) is 10.4. The van der Waals surface area contributed by atoms with E-state index in [0.717, 1.165) is 16.1 Å². The highest BCUT2D eigenvalue weighted by Crippen LogP contribution is 2.26. The lowest BCUT2D eigenvalue weighted by Gasteiger charge is -2.13. The van der Waals surface area contributed by atoms with E-state index in [1.54, 1.807) is 12.1 Å². The van der Waals surface area contributed by atoms with Gasteiger partial charge in [-0.3, -0.25) is 19.7 Å². The molecule has 3 rings (SSSR count). The molecule has 31 heavy (non-hydrogen) atoms. The molecule has 0 saturated heterocycles. The van der Waals surface area contributed by atoms with Crippen molar-refractivity contribution < 1.29 is 14.5 Å². The lowest BCUT2D eigenvalue weighted by molar-refractivity contribution is -0.384. The number of anilines is 2. The van der Waals surface area contributed by atoms with Crippen LogP contribution in [0.15, 0.2) is 77.7 Å². The Morgan fingerprint density at radius 1 is 0.935 bits per heavy atom. The summed E-state index contributed by atoms with van der Waals surface area (Å²) < 4.78 is 0. The number of benzene rings is 3. The molecule has 0 spiro atoms. The van der Waals surface area contributed by atoms with Crippen molar-refractivity contribution in [2.45, 2.75) is 24.0 Å². The molecule has 158 valence electrons. The van der Waals surface area contributed by atoms with Crippen LogP contribution in [0.5, 0.6) is 0 Å². The van der Waals surface area contributed by atoms with Crippen LogP contribution in [0.2, 0.25) is 0 Å². The van der Waals surface area contributed by atoms with Crippen molar-refractivity contribution in [3.8, 4) is 0 Å². The number of rotatable bonds is 7. The van der Waals surface area contributed by atoms with E-state index in [1.807, 2.05) is 50.2 Å². The molecule has 0 bridgehead atoms. The molecule has 0 aromatic heterocycles. The number of nitro benzene ring substituents is 1. The molecule has 0 aliphatic rings. The zero-order chi connectivity index (χ0) is 22.4. The van der Waals surface area contributed by atoms with Gasteiger partial charge in [-0.2, -0.15) is 0 Å². The van der Waals surface area contributed by atoms with Crippen molar-refractivity contribution >= 4 is 40.6 Å². The van der Waals surface area contributed by atoms with Gasteiger partial charge in [0.1, 0.15) is 0 Å². The van der Waals surface area contributed by atoms with Crippen molar-refractivity contribution in [3.63, 3.8) is 0 Å². The molecule has 0 fully saturated rings. The Labute approximate surface area is 184 Å². The number of thioether (sulfide) groups is 1. The van der Waals surface area contributed by atoms with Crippen LogP contribution in [0.1, 0.15) is 22.8 Å².